The molecule has 46 heavy (non-hydrogen) atoms. The predicted octanol–water partition coefficient (Wildman–Crippen LogP) is 11.5. The molecule has 0 atom stereocenters. The topological polar surface area (TPSA) is 51.8 Å². The molecule has 0 bridgehead atoms. The van der Waals surface area contributed by atoms with Gasteiger partial charge in [-0.05, 0) is 65.1 Å². The van der Waals surface area contributed by atoms with Crippen LogP contribution in [-0.4, -0.2) is 15.0 Å². The highest BCUT2D eigenvalue weighted by Crippen LogP contribution is 2.47. The van der Waals surface area contributed by atoms with Crippen molar-refractivity contribution in [1.29, 1.82) is 0 Å². The summed E-state index contributed by atoms with van der Waals surface area (Å²) in [6.07, 6.45) is 2.32. The molecule has 9 rings (SSSR count). The Balaban J connectivity index is 1.32. The maximum absolute atomic E-state index is 6.47. The number of thiophene rings is 1. The summed E-state index contributed by atoms with van der Waals surface area (Å²) in [7, 11) is 0. The normalized spacial score (nSPS) is 15.6. The lowest BCUT2D eigenvalue weighted by atomic mass is 9.63. The van der Waals surface area contributed by atoms with Crippen LogP contribution < -0.4 is 0 Å². The van der Waals surface area contributed by atoms with Crippen molar-refractivity contribution in [2.45, 2.75) is 51.4 Å². The van der Waals surface area contributed by atoms with Gasteiger partial charge in [-0.1, -0.05) is 100 Å². The summed E-state index contributed by atoms with van der Waals surface area (Å²) in [6, 6.07) is 36.3. The number of fused-ring (bicyclic) bond motifs is 7. The Labute approximate surface area is 271 Å². The first kappa shape index (κ1) is 27.4. The van der Waals surface area contributed by atoms with E-state index in [1.165, 1.54) is 37.7 Å². The average molecular weight is 616 g/mol. The minimum atomic E-state index is 0.0715. The molecule has 224 valence electrons. The monoisotopic (exact) mass is 615 g/mol. The predicted molar refractivity (Wildman–Crippen MR) is 192 cm³/mol. The highest BCUT2D eigenvalue weighted by atomic mass is 32.1. The third kappa shape index (κ3) is 4.15. The van der Waals surface area contributed by atoms with E-state index in [-0.39, 0.29) is 10.8 Å². The summed E-state index contributed by atoms with van der Waals surface area (Å²) >= 11 is 1.79. The molecule has 4 nitrogen and oxygen atoms in total. The standard InChI is InChI=1S/C41H33N3OS/c1-40(2)21-22-41(3,4)32-23-24(19-20-31(32)40)37-42-38(29-15-9-13-27-25-11-5-7-17-33(25)45-35(27)29)44-39(43-37)30-16-10-14-28-26-12-6-8-18-34(26)46-36(28)30/h5-20,23H,21-22H2,1-4H3. The lowest BCUT2D eigenvalue weighted by molar-refractivity contribution is 0.332. The fourth-order valence-electron chi connectivity index (χ4n) is 7.32. The molecular formula is C41H33N3OS. The zero-order valence-corrected chi connectivity index (χ0v) is 27.2. The zero-order chi connectivity index (χ0) is 31.2. The van der Waals surface area contributed by atoms with Crippen LogP contribution in [-0.2, 0) is 10.8 Å². The van der Waals surface area contributed by atoms with E-state index in [4.69, 9.17) is 19.4 Å². The van der Waals surface area contributed by atoms with Gasteiger partial charge in [0.15, 0.2) is 17.5 Å². The number of hydrogen-bond donors (Lipinski definition) is 0. The summed E-state index contributed by atoms with van der Waals surface area (Å²) in [4.78, 5) is 15.6. The highest BCUT2D eigenvalue weighted by Gasteiger charge is 2.37. The van der Waals surface area contributed by atoms with Gasteiger partial charge in [0.25, 0.3) is 0 Å². The van der Waals surface area contributed by atoms with Crippen LogP contribution in [0.1, 0.15) is 51.7 Å². The summed E-state index contributed by atoms with van der Waals surface area (Å²) in [5.74, 6) is 1.95. The van der Waals surface area contributed by atoms with Crippen LogP contribution >= 0.6 is 11.3 Å². The van der Waals surface area contributed by atoms with E-state index in [2.05, 4.69) is 113 Å². The molecule has 1 aliphatic carbocycles. The Morgan fingerprint density at radius 1 is 0.565 bits per heavy atom. The number of aromatic nitrogens is 3. The number of rotatable bonds is 3. The molecule has 0 saturated carbocycles. The number of furan rings is 1. The van der Waals surface area contributed by atoms with Crippen LogP contribution in [0, 0.1) is 0 Å². The summed E-state index contributed by atoms with van der Waals surface area (Å²) in [5.41, 5.74) is 7.54. The third-order valence-electron chi connectivity index (χ3n) is 10.0. The van der Waals surface area contributed by atoms with Gasteiger partial charge in [0.05, 0.1) is 5.56 Å². The van der Waals surface area contributed by atoms with Crippen LogP contribution in [0.2, 0.25) is 0 Å². The molecule has 3 heterocycles. The number of hydrogen-bond acceptors (Lipinski definition) is 5. The molecule has 5 heteroatoms. The van der Waals surface area contributed by atoms with Gasteiger partial charge >= 0.3 is 0 Å². The fraction of sp³-hybridized carbons (Fsp3) is 0.195. The van der Waals surface area contributed by atoms with Gasteiger partial charge in [-0.25, -0.2) is 15.0 Å². The lowest BCUT2D eigenvalue weighted by Gasteiger charge is -2.42. The maximum atomic E-state index is 6.47. The number of benzene rings is 5. The second kappa shape index (κ2) is 9.81. The largest absolute Gasteiger partial charge is 0.455 e. The van der Waals surface area contributed by atoms with E-state index in [1.807, 2.05) is 18.2 Å². The van der Waals surface area contributed by atoms with E-state index in [0.29, 0.717) is 17.5 Å². The third-order valence-corrected chi connectivity index (χ3v) is 11.3. The van der Waals surface area contributed by atoms with Crippen molar-refractivity contribution in [3.8, 4) is 34.2 Å². The maximum Gasteiger partial charge on any atom is 0.167 e. The zero-order valence-electron chi connectivity index (χ0n) is 26.4. The van der Waals surface area contributed by atoms with E-state index in [1.54, 1.807) is 11.3 Å². The van der Waals surface area contributed by atoms with Crippen LogP contribution in [0.3, 0.4) is 0 Å². The van der Waals surface area contributed by atoms with Crippen LogP contribution in [0.5, 0.6) is 0 Å². The van der Waals surface area contributed by atoms with Gasteiger partial charge in [-0.15, -0.1) is 11.3 Å². The van der Waals surface area contributed by atoms with E-state index < -0.39 is 0 Å². The minimum Gasteiger partial charge on any atom is -0.455 e. The van der Waals surface area contributed by atoms with Gasteiger partial charge in [0.1, 0.15) is 11.2 Å². The molecule has 1 aliphatic rings. The van der Waals surface area contributed by atoms with E-state index in [0.717, 1.165) is 45.0 Å². The molecule has 0 fully saturated rings. The first-order chi connectivity index (χ1) is 22.3. The molecule has 3 aromatic heterocycles. The van der Waals surface area contributed by atoms with Crippen molar-refractivity contribution in [3.05, 3.63) is 114 Å². The molecule has 0 unspecified atom stereocenters. The lowest BCUT2D eigenvalue weighted by Crippen LogP contribution is -2.33. The Morgan fingerprint density at radius 2 is 1.20 bits per heavy atom. The van der Waals surface area contributed by atoms with Crippen LogP contribution in [0.15, 0.2) is 108 Å². The summed E-state index contributed by atoms with van der Waals surface area (Å²) in [5, 5.41) is 4.62. The quantitative estimate of drug-likeness (QED) is 0.198. The SMILES string of the molecule is CC1(C)CCC(C)(C)c2cc(-c3nc(-c4cccc5c4oc4ccccc45)nc(-c4cccc5c4sc4ccccc45)n3)ccc21. The first-order valence-corrected chi connectivity index (χ1v) is 16.8. The van der Waals surface area contributed by atoms with Crippen LogP contribution in [0.4, 0.5) is 0 Å². The van der Waals surface area contributed by atoms with Gasteiger partial charge < -0.3 is 4.42 Å². The van der Waals surface area contributed by atoms with Gasteiger partial charge in [-0.3, -0.25) is 0 Å². The summed E-state index contributed by atoms with van der Waals surface area (Å²) in [6.45, 7) is 9.44. The van der Waals surface area contributed by atoms with E-state index in [9.17, 15) is 0 Å². The van der Waals surface area contributed by atoms with Gasteiger partial charge in [0.2, 0.25) is 0 Å². The number of nitrogens with zero attached hydrogens (tertiary/aromatic N) is 3. The van der Waals surface area contributed by atoms with Crippen molar-refractivity contribution in [3.63, 3.8) is 0 Å². The van der Waals surface area contributed by atoms with Crippen molar-refractivity contribution in [2.24, 2.45) is 0 Å². The van der Waals surface area contributed by atoms with Crippen molar-refractivity contribution >= 4 is 53.4 Å². The molecule has 0 saturated heterocycles. The van der Waals surface area contributed by atoms with E-state index >= 15 is 0 Å². The Kier molecular flexibility index (Phi) is 5.85. The second-order valence-corrected chi connectivity index (χ2v) is 14.9. The fourth-order valence-corrected chi connectivity index (χ4v) is 8.53. The molecule has 0 spiro atoms. The van der Waals surface area contributed by atoms with Gasteiger partial charge in [-0.2, -0.15) is 0 Å². The summed E-state index contributed by atoms with van der Waals surface area (Å²) < 4.78 is 8.90. The average Bonchev–Trinajstić information content (AvgIpc) is 3.65. The molecule has 0 radical (unpaired) electrons. The Bertz CT molecular complexity index is 2370. The molecule has 8 aromatic rings. The Hall–Kier alpha value is -4.87. The molecule has 0 N–H and O–H groups in total. The first-order valence-electron chi connectivity index (χ1n) is 16.0. The number of para-hydroxylation sites is 2. The molecule has 0 aliphatic heterocycles. The minimum absolute atomic E-state index is 0.0715. The van der Waals surface area contributed by atoms with Gasteiger partial charge in [0, 0.05) is 42.1 Å². The van der Waals surface area contributed by atoms with Crippen molar-refractivity contribution in [2.75, 3.05) is 0 Å². The second-order valence-electron chi connectivity index (χ2n) is 13.9. The Morgan fingerprint density at radius 3 is 2.02 bits per heavy atom. The highest BCUT2D eigenvalue weighted by molar-refractivity contribution is 7.26. The van der Waals surface area contributed by atoms with Crippen LogP contribution in [0.25, 0.3) is 76.3 Å². The molecule has 5 aromatic carbocycles. The van der Waals surface area contributed by atoms with Crippen molar-refractivity contribution < 1.29 is 4.42 Å². The molecular weight excluding hydrogens is 583 g/mol. The van der Waals surface area contributed by atoms with Crippen molar-refractivity contribution in [1.82, 2.24) is 15.0 Å². The smallest absolute Gasteiger partial charge is 0.167 e. The molecule has 0 amide bonds.